The summed E-state index contributed by atoms with van der Waals surface area (Å²) in [4.78, 5) is 2.21. The lowest BCUT2D eigenvalue weighted by molar-refractivity contribution is 0.766. The fourth-order valence-electron chi connectivity index (χ4n) is 1.80. The number of hydrogen-bond acceptors (Lipinski definition) is 2. The van der Waals surface area contributed by atoms with Crippen molar-refractivity contribution in [2.24, 2.45) is 7.05 Å². The van der Waals surface area contributed by atoms with E-state index in [-0.39, 0.29) is 0 Å². The number of halogens is 2. The van der Waals surface area contributed by atoms with Crippen LogP contribution in [0.1, 0.15) is 11.1 Å². The largest absolute Gasteiger partial charge is 0.370 e. The van der Waals surface area contributed by atoms with E-state index in [0.29, 0.717) is 0 Å². The first-order chi connectivity index (χ1) is 8.60. The minimum absolute atomic E-state index is 0.855. The van der Waals surface area contributed by atoms with Crippen molar-refractivity contribution in [2.75, 3.05) is 11.9 Å². The Balaban J connectivity index is 2.13. The quantitative estimate of drug-likeness (QED) is 0.762. The van der Waals surface area contributed by atoms with Crippen LogP contribution in [0.4, 0.5) is 5.69 Å². The SMILES string of the molecule is CN(Cc1cnn(C)c1)c1ccc(CBr)c(Br)c1. The lowest BCUT2D eigenvalue weighted by atomic mass is 10.2. The molecule has 0 aliphatic carbocycles. The van der Waals surface area contributed by atoms with Crippen molar-refractivity contribution in [1.82, 2.24) is 9.78 Å². The molecule has 3 nitrogen and oxygen atoms in total. The second-order valence-corrected chi connectivity index (χ2v) is 5.70. The van der Waals surface area contributed by atoms with Crippen molar-refractivity contribution in [3.8, 4) is 0 Å². The second-order valence-electron chi connectivity index (χ2n) is 4.29. The van der Waals surface area contributed by atoms with Crippen molar-refractivity contribution in [2.45, 2.75) is 11.9 Å². The van der Waals surface area contributed by atoms with Crippen molar-refractivity contribution < 1.29 is 0 Å². The van der Waals surface area contributed by atoms with Gasteiger partial charge in [0.2, 0.25) is 0 Å². The third-order valence-corrected chi connectivity index (χ3v) is 4.14. The number of alkyl halides is 1. The van der Waals surface area contributed by atoms with E-state index < -0.39 is 0 Å². The molecule has 0 saturated heterocycles. The van der Waals surface area contributed by atoms with Gasteiger partial charge in [-0.15, -0.1) is 0 Å². The van der Waals surface area contributed by atoms with Gasteiger partial charge in [0.15, 0.2) is 0 Å². The second kappa shape index (κ2) is 5.89. The Morgan fingerprint density at radius 2 is 2.17 bits per heavy atom. The van der Waals surface area contributed by atoms with Gasteiger partial charge in [0.25, 0.3) is 0 Å². The highest BCUT2D eigenvalue weighted by Gasteiger charge is 2.06. The lowest BCUT2D eigenvalue weighted by Crippen LogP contribution is -2.16. The van der Waals surface area contributed by atoms with E-state index in [4.69, 9.17) is 0 Å². The molecule has 0 aliphatic rings. The molecule has 0 N–H and O–H groups in total. The maximum Gasteiger partial charge on any atom is 0.0539 e. The first kappa shape index (κ1) is 13.6. The van der Waals surface area contributed by atoms with Crippen LogP contribution < -0.4 is 4.90 Å². The molecule has 0 unspecified atom stereocenters. The highest BCUT2D eigenvalue weighted by Crippen LogP contribution is 2.25. The normalized spacial score (nSPS) is 10.7. The van der Waals surface area contributed by atoms with Crippen LogP contribution in [0, 0.1) is 0 Å². The maximum absolute atomic E-state index is 4.18. The Kier molecular flexibility index (Phi) is 4.45. The molecule has 0 amide bonds. The molecule has 0 aliphatic heterocycles. The Morgan fingerprint density at radius 3 is 2.72 bits per heavy atom. The standard InChI is InChI=1S/C13H15Br2N3/c1-17(8-10-7-16-18(2)9-10)12-4-3-11(6-14)13(15)5-12/h3-5,7,9H,6,8H2,1-2H3. The summed E-state index contributed by atoms with van der Waals surface area (Å²) in [5.74, 6) is 0. The van der Waals surface area contributed by atoms with E-state index in [1.807, 2.05) is 24.1 Å². The van der Waals surface area contributed by atoms with Crippen LogP contribution in [0.25, 0.3) is 0 Å². The molecule has 0 spiro atoms. The summed E-state index contributed by atoms with van der Waals surface area (Å²) in [5, 5.41) is 5.04. The van der Waals surface area contributed by atoms with Gasteiger partial charge in [0, 0.05) is 47.9 Å². The van der Waals surface area contributed by atoms with E-state index in [9.17, 15) is 0 Å². The number of nitrogens with zero attached hydrogens (tertiary/aromatic N) is 3. The van der Waals surface area contributed by atoms with Crippen molar-refractivity contribution in [3.63, 3.8) is 0 Å². The number of benzene rings is 1. The third kappa shape index (κ3) is 3.14. The summed E-state index contributed by atoms with van der Waals surface area (Å²) in [5.41, 5.74) is 3.66. The van der Waals surface area contributed by atoms with Gasteiger partial charge in [-0.2, -0.15) is 5.10 Å². The Bertz CT molecular complexity index is 537. The molecule has 2 rings (SSSR count). The van der Waals surface area contributed by atoms with Crippen LogP contribution in [0.15, 0.2) is 35.1 Å². The van der Waals surface area contributed by atoms with Crippen LogP contribution in [0.5, 0.6) is 0 Å². The minimum Gasteiger partial charge on any atom is -0.370 e. The van der Waals surface area contributed by atoms with Crippen LogP contribution in [0.2, 0.25) is 0 Å². The molecule has 18 heavy (non-hydrogen) atoms. The molecule has 5 heteroatoms. The average Bonchev–Trinajstić information content (AvgIpc) is 2.74. The summed E-state index contributed by atoms with van der Waals surface area (Å²) in [6.07, 6.45) is 3.94. The van der Waals surface area contributed by atoms with E-state index >= 15 is 0 Å². The monoisotopic (exact) mass is 371 g/mol. The zero-order valence-corrected chi connectivity index (χ0v) is 13.6. The van der Waals surface area contributed by atoms with E-state index in [1.165, 1.54) is 16.8 Å². The predicted octanol–water partition coefficient (Wildman–Crippen LogP) is 3.71. The zero-order chi connectivity index (χ0) is 13.1. The molecule has 2 aromatic rings. The number of rotatable bonds is 4. The Hall–Kier alpha value is -0.810. The van der Waals surface area contributed by atoms with E-state index in [0.717, 1.165) is 16.3 Å². The minimum atomic E-state index is 0.855. The van der Waals surface area contributed by atoms with Crippen molar-refractivity contribution >= 4 is 37.5 Å². The highest BCUT2D eigenvalue weighted by molar-refractivity contribution is 9.10. The topological polar surface area (TPSA) is 21.1 Å². The Morgan fingerprint density at radius 1 is 1.39 bits per heavy atom. The molecule has 0 saturated carbocycles. The van der Waals surface area contributed by atoms with Gasteiger partial charge in [0.1, 0.15) is 0 Å². The molecular weight excluding hydrogens is 358 g/mol. The summed E-state index contributed by atoms with van der Waals surface area (Å²) in [7, 11) is 4.02. The lowest BCUT2D eigenvalue weighted by Gasteiger charge is -2.19. The molecular formula is C13H15Br2N3. The molecule has 0 bridgehead atoms. The average molecular weight is 373 g/mol. The van der Waals surface area contributed by atoms with Gasteiger partial charge in [-0.3, -0.25) is 4.68 Å². The Labute approximate surface area is 124 Å². The van der Waals surface area contributed by atoms with Gasteiger partial charge < -0.3 is 4.90 Å². The molecule has 0 fully saturated rings. The van der Waals surface area contributed by atoms with Gasteiger partial charge in [0.05, 0.1) is 6.20 Å². The summed E-state index contributed by atoms with van der Waals surface area (Å²) < 4.78 is 2.96. The van der Waals surface area contributed by atoms with E-state index in [1.54, 1.807) is 0 Å². The maximum atomic E-state index is 4.18. The van der Waals surface area contributed by atoms with Crippen molar-refractivity contribution in [3.05, 3.63) is 46.2 Å². The number of hydrogen-bond donors (Lipinski definition) is 0. The molecule has 0 radical (unpaired) electrons. The predicted molar refractivity (Wildman–Crippen MR) is 82.1 cm³/mol. The molecule has 96 valence electrons. The number of anilines is 1. The third-order valence-electron chi connectivity index (χ3n) is 2.80. The zero-order valence-electron chi connectivity index (χ0n) is 10.4. The van der Waals surface area contributed by atoms with Crippen LogP contribution in [0.3, 0.4) is 0 Å². The molecule has 1 aromatic carbocycles. The fraction of sp³-hybridized carbons (Fsp3) is 0.308. The van der Waals surface area contributed by atoms with Crippen LogP contribution in [-0.2, 0) is 18.9 Å². The first-order valence-corrected chi connectivity index (χ1v) is 7.54. The fourth-order valence-corrected chi connectivity index (χ4v) is 3.17. The molecule has 1 heterocycles. The molecule has 0 atom stereocenters. The van der Waals surface area contributed by atoms with Gasteiger partial charge in [-0.1, -0.05) is 37.9 Å². The highest BCUT2D eigenvalue weighted by atomic mass is 79.9. The smallest absolute Gasteiger partial charge is 0.0539 e. The van der Waals surface area contributed by atoms with Gasteiger partial charge in [-0.05, 0) is 17.7 Å². The summed E-state index contributed by atoms with van der Waals surface area (Å²) in [6, 6.07) is 6.42. The van der Waals surface area contributed by atoms with Gasteiger partial charge in [-0.25, -0.2) is 0 Å². The number of aryl methyl sites for hydroxylation is 1. The first-order valence-electron chi connectivity index (χ1n) is 5.63. The van der Waals surface area contributed by atoms with Crippen LogP contribution >= 0.6 is 31.9 Å². The molecule has 1 aromatic heterocycles. The van der Waals surface area contributed by atoms with Crippen LogP contribution in [-0.4, -0.2) is 16.8 Å². The summed E-state index contributed by atoms with van der Waals surface area (Å²) in [6.45, 7) is 0.855. The summed E-state index contributed by atoms with van der Waals surface area (Å²) >= 11 is 7.06. The number of aromatic nitrogens is 2. The van der Waals surface area contributed by atoms with Crippen molar-refractivity contribution in [1.29, 1.82) is 0 Å². The van der Waals surface area contributed by atoms with E-state index in [2.05, 4.69) is 67.1 Å². The van der Waals surface area contributed by atoms with Gasteiger partial charge >= 0.3 is 0 Å².